The Labute approximate surface area is 129 Å². The van der Waals surface area contributed by atoms with Crippen molar-refractivity contribution in [2.45, 2.75) is 77.3 Å². The number of nitrogens with zero attached hydrogens (tertiary/aromatic N) is 1. The molecule has 5 nitrogen and oxygen atoms in total. The zero-order chi connectivity index (χ0) is 16.1. The second-order valence-electron chi connectivity index (χ2n) is 7.01. The molecule has 1 saturated carbocycles. The van der Waals surface area contributed by atoms with Crippen LogP contribution >= 0.6 is 0 Å². The van der Waals surface area contributed by atoms with Gasteiger partial charge >= 0.3 is 0 Å². The maximum Gasteiger partial charge on any atom is 0.221 e. The van der Waals surface area contributed by atoms with Gasteiger partial charge in [0.05, 0.1) is 6.26 Å². The number of nitrogens with one attached hydrogen (secondary N) is 1. The molecule has 0 aromatic carbocycles. The molecule has 21 heavy (non-hydrogen) atoms. The van der Waals surface area contributed by atoms with Crippen molar-refractivity contribution in [3.8, 4) is 0 Å². The first kappa shape index (κ1) is 18.4. The van der Waals surface area contributed by atoms with Crippen molar-refractivity contribution in [1.82, 2.24) is 9.62 Å². The summed E-state index contributed by atoms with van der Waals surface area (Å²) in [7, 11) is -3.30. The van der Waals surface area contributed by atoms with Gasteiger partial charge in [0.25, 0.3) is 0 Å². The molecule has 1 aliphatic rings. The molecular formula is C15H30N2O3S. The van der Waals surface area contributed by atoms with Crippen LogP contribution < -0.4 is 5.32 Å². The van der Waals surface area contributed by atoms with Crippen molar-refractivity contribution in [2.24, 2.45) is 0 Å². The van der Waals surface area contributed by atoms with Crippen molar-refractivity contribution < 1.29 is 13.2 Å². The SMILES string of the molecule is CC(C)(C)N(CCC(=O)NC1CCCCCC1)S(C)(=O)=O. The molecule has 124 valence electrons. The Bertz CT molecular complexity index is 432. The molecule has 0 heterocycles. The molecule has 1 rings (SSSR count). The van der Waals surface area contributed by atoms with Crippen LogP contribution in [-0.2, 0) is 14.8 Å². The summed E-state index contributed by atoms with van der Waals surface area (Å²) in [5, 5.41) is 3.06. The highest BCUT2D eigenvalue weighted by Gasteiger charge is 2.29. The van der Waals surface area contributed by atoms with Crippen LogP contribution in [0.15, 0.2) is 0 Å². The lowest BCUT2D eigenvalue weighted by Gasteiger charge is -2.33. The lowest BCUT2D eigenvalue weighted by atomic mass is 10.1. The summed E-state index contributed by atoms with van der Waals surface area (Å²) in [6.07, 6.45) is 8.34. The van der Waals surface area contributed by atoms with E-state index in [9.17, 15) is 13.2 Å². The third-order valence-corrected chi connectivity index (χ3v) is 5.44. The van der Waals surface area contributed by atoms with Crippen LogP contribution in [0, 0.1) is 0 Å². The van der Waals surface area contributed by atoms with E-state index in [0.717, 1.165) is 12.8 Å². The highest BCUT2D eigenvalue weighted by Crippen LogP contribution is 2.19. The molecule has 0 aliphatic heterocycles. The Morgan fingerprint density at radius 2 is 1.67 bits per heavy atom. The minimum atomic E-state index is -3.30. The molecule has 0 atom stereocenters. The molecule has 0 bridgehead atoms. The molecule has 1 aliphatic carbocycles. The number of sulfonamides is 1. The zero-order valence-electron chi connectivity index (χ0n) is 13.8. The fourth-order valence-corrected chi connectivity index (χ4v) is 4.34. The van der Waals surface area contributed by atoms with E-state index in [1.807, 2.05) is 20.8 Å². The molecule has 1 fully saturated rings. The standard InChI is InChI=1S/C15H30N2O3S/c1-15(2,3)17(21(4,19)20)12-11-14(18)16-13-9-7-5-6-8-10-13/h13H,5-12H2,1-4H3,(H,16,18). The fourth-order valence-electron chi connectivity index (χ4n) is 2.93. The van der Waals surface area contributed by atoms with Crippen molar-refractivity contribution in [3.63, 3.8) is 0 Å². The molecule has 1 N–H and O–H groups in total. The second kappa shape index (κ2) is 7.58. The van der Waals surface area contributed by atoms with Gasteiger partial charge in [0.2, 0.25) is 15.9 Å². The minimum Gasteiger partial charge on any atom is -0.353 e. The summed E-state index contributed by atoms with van der Waals surface area (Å²) >= 11 is 0. The Balaban J connectivity index is 2.50. The summed E-state index contributed by atoms with van der Waals surface area (Å²) in [5.74, 6) is -0.0419. The number of rotatable bonds is 5. The zero-order valence-corrected chi connectivity index (χ0v) is 14.6. The maximum absolute atomic E-state index is 12.0. The summed E-state index contributed by atoms with van der Waals surface area (Å²) in [6.45, 7) is 5.77. The first-order valence-corrected chi connectivity index (χ1v) is 9.73. The van der Waals surface area contributed by atoms with E-state index in [1.165, 1.54) is 36.2 Å². The van der Waals surface area contributed by atoms with Gasteiger partial charge in [0.1, 0.15) is 0 Å². The largest absolute Gasteiger partial charge is 0.353 e. The molecule has 0 radical (unpaired) electrons. The van der Waals surface area contributed by atoms with E-state index in [-0.39, 0.29) is 24.9 Å². The first-order valence-electron chi connectivity index (χ1n) is 7.88. The Morgan fingerprint density at radius 3 is 2.10 bits per heavy atom. The number of hydrogen-bond donors (Lipinski definition) is 1. The van der Waals surface area contributed by atoms with E-state index in [4.69, 9.17) is 0 Å². The van der Waals surface area contributed by atoms with Crippen LogP contribution in [0.3, 0.4) is 0 Å². The fraction of sp³-hybridized carbons (Fsp3) is 0.933. The lowest BCUT2D eigenvalue weighted by Crippen LogP contribution is -2.47. The van der Waals surface area contributed by atoms with Gasteiger partial charge in [-0.15, -0.1) is 0 Å². The van der Waals surface area contributed by atoms with E-state index in [0.29, 0.717) is 0 Å². The van der Waals surface area contributed by atoms with E-state index in [2.05, 4.69) is 5.32 Å². The first-order chi connectivity index (χ1) is 9.60. The van der Waals surface area contributed by atoms with E-state index in [1.54, 1.807) is 0 Å². The quantitative estimate of drug-likeness (QED) is 0.791. The highest BCUT2D eigenvalue weighted by atomic mass is 32.2. The van der Waals surface area contributed by atoms with E-state index < -0.39 is 15.6 Å². The monoisotopic (exact) mass is 318 g/mol. The van der Waals surface area contributed by atoms with Crippen LogP contribution in [0.2, 0.25) is 0 Å². The maximum atomic E-state index is 12.0. The predicted molar refractivity (Wildman–Crippen MR) is 85.6 cm³/mol. The summed E-state index contributed by atoms with van der Waals surface area (Å²) in [4.78, 5) is 12.0. The van der Waals surface area contributed by atoms with Gasteiger partial charge in [-0.3, -0.25) is 4.79 Å². The van der Waals surface area contributed by atoms with E-state index >= 15 is 0 Å². The van der Waals surface area contributed by atoms with Crippen molar-refractivity contribution in [3.05, 3.63) is 0 Å². The van der Waals surface area contributed by atoms with Gasteiger partial charge in [0.15, 0.2) is 0 Å². The van der Waals surface area contributed by atoms with Crippen LogP contribution in [0.4, 0.5) is 0 Å². The van der Waals surface area contributed by atoms with Crippen LogP contribution in [-0.4, -0.2) is 43.0 Å². The minimum absolute atomic E-state index is 0.0419. The number of hydrogen-bond acceptors (Lipinski definition) is 3. The third kappa shape index (κ3) is 6.78. The lowest BCUT2D eigenvalue weighted by molar-refractivity contribution is -0.122. The van der Waals surface area contributed by atoms with Crippen molar-refractivity contribution >= 4 is 15.9 Å². The van der Waals surface area contributed by atoms with Crippen molar-refractivity contribution in [2.75, 3.05) is 12.8 Å². The average molecular weight is 318 g/mol. The van der Waals surface area contributed by atoms with Gasteiger partial charge < -0.3 is 5.32 Å². The Morgan fingerprint density at radius 1 is 1.14 bits per heavy atom. The molecule has 0 spiro atoms. The summed E-state index contributed by atoms with van der Waals surface area (Å²) in [6, 6.07) is 0.265. The molecule has 6 heteroatoms. The Hall–Kier alpha value is -0.620. The second-order valence-corrected chi connectivity index (χ2v) is 8.92. The van der Waals surface area contributed by atoms with Gasteiger partial charge in [0, 0.05) is 24.5 Å². The number of carbonyl (C=O) groups is 1. The normalized spacial score (nSPS) is 18.5. The third-order valence-electron chi connectivity index (χ3n) is 3.91. The molecule has 0 aromatic rings. The highest BCUT2D eigenvalue weighted by molar-refractivity contribution is 7.88. The average Bonchev–Trinajstić information content (AvgIpc) is 2.54. The van der Waals surface area contributed by atoms with Gasteiger partial charge in [-0.1, -0.05) is 25.7 Å². The number of carbonyl (C=O) groups excluding carboxylic acids is 1. The number of amides is 1. The van der Waals surface area contributed by atoms with Crippen molar-refractivity contribution in [1.29, 1.82) is 0 Å². The molecule has 1 amide bonds. The van der Waals surface area contributed by atoms with Crippen LogP contribution in [0.25, 0.3) is 0 Å². The summed E-state index contributed by atoms with van der Waals surface area (Å²) in [5.41, 5.74) is -0.504. The summed E-state index contributed by atoms with van der Waals surface area (Å²) < 4.78 is 25.0. The smallest absolute Gasteiger partial charge is 0.221 e. The molecular weight excluding hydrogens is 288 g/mol. The molecule has 0 saturated heterocycles. The van der Waals surface area contributed by atoms with Crippen LogP contribution in [0.5, 0.6) is 0 Å². The van der Waals surface area contributed by atoms with Crippen LogP contribution in [0.1, 0.15) is 65.7 Å². The Kier molecular flexibility index (Phi) is 6.66. The van der Waals surface area contributed by atoms with Gasteiger partial charge in [-0.2, -0.15) is 4.31 Å². The van der Waals surface area contributed by atoms with Gasteiger partial charge in [-0.05, 0) is 33.6 Å². The predicted octanol–water partition coefficient (Wildman–Crippen LogP) is 2.28. The molecule has 0 unspecified atom stereocenters. The topological polar surface area (TPSA) is 66.5 Å². The van der Waals surface area contributed by atoms with Gasteiger partial charge in [-0.25, -0.2) is 8.42 Å². The molecule has 0 aromatic heterocycles.